The third-order valence-corrected chi connectivity index (χ3v) is 5.94. The summed E-state index contributed by atoms with van der Waals surface area (Å²) >= 11 is 0. The normalized spacial score (nSPS) is 10.9. The van der Waals surface area contributed by atoms with Gasteiger partial charge in [-0.05, 0) is 89.4 Å². The van der Waals surface area contributed by atoms with Crippen LogP contribution < -0.4 is 20.1 Å². The molecule has 39 heavy (non-hydrogen) atoms. The van der Waals surface area contributed by atoms with Gasteiger partial charge in [0.2, 0.25) is 11.8 Å². The van der Waals surface area contributed by atoms with Gasteiger partial charge in [0.25, 0.3) is 0 Å². The topological polar surface area (TPSA) is 76.7 Å². The number of carbonyl (C=O) groups excluding carboxylic acids is 2. The molecule has 4 aromatic rings. The highest BCUT2D eigenvalue weighted by Gasteiger charge is 2.03. The monoisotopic (exact) mass is 518 g/mol. The smallest absolute Gasteiger partial charge is 0.248 e. The first-order valence-corrected chi connectivity index (χ1v) is 12.4. The van der Waals surface area contributed by atoms with Crippen LogP contribution in [-0.2, 0) is 16.0 Å². The lowest BCUT2D eigenvalue weighted by molar-refractivity contribution is -0.112. The Morgan fingerprint density at radius 3 is 1.26 bits per heavy atom. The molecule has 2 N–H and O–H groups in total. The van der Waals surface area contributed by atoms with Crippen molar-refractivity contribution in [2.75, 3.05) is 24.9 Å². The van der Waals surface area contributed by atoms with Crippen molar-refractivity contribution in [2.24, 2.45) is 0 Å². The number of hydrogen-bond acceptors (Lipinski definition) is 4. The van der Waals surface area contributed by atoms with Crippen LogP contribution in [-0.4, -0.2) is 26.0 Å². The van der Waals surface area contributed by atoms with E-state index in [0.717, 1.165) is 51.5 Å². The molecule has 0 fully saturated rings. The van der Waals surface area contributed by atoms with E-state index in [0.29, 0.717) is 0 Å². The second kappa shape index (κ2) is 13.4. The van der Waals surface area contributed by atoms with Gasteiger partial charge in [-0.1, -0.05) is 48.5 Å². The molecule has 0 unspecified atom stereocenters. The molecule has 0 aliphatic heterocycles. The molecule has 0 spiro atoms. The fourth-order valence-corrected chi connectivity index (χ4v) is 3.79. The molecule has 0 heterocycles. The Hall–Kier alpha value is -5.10. The lowest BCUT2D eigenvalue weighted by atomic mass is 10.0. The van der Waals surface area contributed by atoms with Crippen LogP contribution >= 0.6 is 0 Å². The molecule has 0 atom stereocenters. The summed E-state index contributed by atoms with van der Waals surface area (Å²) in [6.45, 7) is 0. The summed E-state index contributed by atoms with van der Waals surface area (Å²) in [6.07, 6.45) is 7.26. The Morgan fingerprint density at radius 2 is 0.923 bits per heavy atom. The van der Waals surface area contributed by atoms with Crippen LogP contribution in [0.2, 0.25) is 0 Å². The zero-order valence-electron chi connectivity index (χ0n) is 21.9. The average molecular weight is 519 g/mol. The van der Waals surface area contributed by atoms with Crippen LogP contribution in [0.3, 0.4) is 0 Å². The van der Waals surface area contributed by atoms with Crippen LogP contribution in [0.1, 0.15) is 22.3 Å². The first-order valence-electron chi connectivity index (χ1n) is 12.4. The van der Waals surface area contributed by atoms with Gasteiger partial charge in [-0.3, -0.25) is 9.59 Å². The van der Waals surface area contributed by atoms with E-state index in [-0.39, 0.29) is 11.8 Å². The molecule has 0 saturated heterocycles. The zero-order valence-corrected chi connectivity index (χ0v) is 21.9. The maximum atomic E-state index is 12.3. The number of nitrogens with one attached hydrogen (secondary N) is 2. The maximum Gasteiger partial charge on any atom is 0.248 e. The Kier molecular flexibility index (Phi) is 9.29. The third kappa shape index (κ3) is 8.47. The molecule has 4 rings (SSSR count). The number of benzene rings is 4. The Labute approximate surface area is 228 Å². The fourth-order valence-electron chi connectivity index (χ4n) is 3.79. The fraction of sp³-hybridized carbons (Fsp3) is 0.0909. The van der Waals surface area contributed by atoms with Crippen molar-refractivity contribution < 1.29 is 19.1 Å². The predicted octanol–water partition coefficient (Wildman–Crippen LogP) is 6.60. The molecule has 0 radical (unpaired) electrons. The minimum atomic E-state index is -0.199. The van der Waals surface area contributed by atoms with Crippen molar-refractivity contribution in [3.8, 4) is 11.5 Å². The molecular formula is C33H30N2O4. The summed E-state index contributed by atoms with van der Waals surface area (Å²) in [7, 11) is 3.24. The van der Waals surface area contributed by atoms with Gasteiger partial charge in [-0.2, -0.15) is 0 Å². The van der Waals surface area contributed by atoms with Gasteiger partial charge in [-0.15, -0.1) is 0 Å². The highest BCUT2D eigenvalue weighted by molar-refractivity contribution is 6.02. The number of methoxy groups -OCH3 is 2. The van der Waals surface area contributed by atoms with Crippen molar-refractivity contribution >= 4 is 35.3 Å². The van der Waals surface area contributed by atoms with Crippen LogP contribution in [0.25, 0.3) is 12.2 Å². The van der Waals surface area contributed by atoms with Crippen molar-refractivity contribution in [3.05, 3.63) is 131 Å². The summed E-state index contributed by atoms with van der Waals surface area (Å²) in [5.74, 6) is 1.15. The van der Waals surface area contributed by atoms with Crippen LogP contribution in [0, 0.1) is 0 Å². The summed E-state index contributed by atoms with van der Waals surface area (Å²) in [5.41, 5.74) is 5.50. The molecule has 0 saturated carbocycles. The van der Waals surface area contributed by atoms with Crippen LogP contribution in [0.5, 0.6) is 11.5 Å². The molecule has 0 bridgehead atoms. The first kappa shape index (κ1) is 26.9. The van der Waals surface area contributed by atoms with Gasteiger partial charge in [0, 0.05) is 23.5 Å². The minimum absolute atomic E-state index is 0.199. The molecule has 0 aliphatic carbocycles. The molecule has 0 aliphatic rings. The number of anilines is 2. The Bertz CT molecular complexity index is 1330. The van der Waals surface area contributed by atoms with Crippen LogP contribution in [0.4, 0.5) is 11.4 Å². The number of ether oxygens (including phenoxy) is 2. The third-order valence-electron chi connectivity index (χ3n) is 5.94. The van der Waals surface area contributed by atoms with E-state index in [9.17, 15) is 9.59 Å². The summed E-state index contributed by atoms with van der Waals surface area (Å²) in [4.78, 5) is 24.5. The second-order valence-corrected chi connectivity index (χ2v) is 8.76. The molecule has 196 valence electrons. The highest BCUT2D eigenvalue weighted by atomic mass is 16.5. The minimum Gasteiger partial charge on any atom is -0.497 e. The zero-order chi connectivity index (χ0) is 27.5. The van der Waals surface area contributed by atoms with E-state index in [1.807, 2.05) is 97.1 Å². The van der Waals surface area contributed by atoms with Crippen molar-refractivity contribution in [1.29, 1.82) is 0 Å². The molecular weight excluding hydrogens is 488 g/mol. The van der Waals surface area contributed by atoms with Gasteiger partial charge >= 0.3 is 0 Å². The number of hydrogen-bond donors (Lipinski definition) is 2. The van der Waals surface area contributed by atoms with Crippen molar-refractivity contribution in [1.82, 2.24) is 0 Å². The predicted molar refractivity (Wildman–Crippen MR) is 157 cm³/mol. The lowest BCUT2D eigenvalue weighted by Crippen LogP contribution is -2.08. The second-order valence-electron chi connectivity index (χ2n) is 8.76. The van der Waals surface area contributed by atoms with Gasteiger partial charge in [0.1, 0.15) is 11.5 Å². The SMILES string of the molecule is COc1ccc(/C=C/C(=O)Nc2ccc(Cc3ccc(NC(=O)/C=C/c4ccc(OC)cc4)cc3)cc2)cc1. The maximum absolute atomic E-state index is 12.3. The van der Waals surface area contributed by atoms with E-state index >= 15 is 0 Å². The molecule has 6 nitrogen and oxygen atoms in total. The van der Waals surface area contributed by atoms with Crippen molar-refractivity contribution in [3.63, 3.8) is 0 Å². The van der Waals surface area contributed by atoms with E-state index in [4.69, 9.17) is 9.47 Å². The molecule has 6 heteroatoms. The van der Waals surface area contributed by atoms with E-state index in [1.165, 1.54) is 12.2 Å². The van der Waals surface area contributed by atoms with E-state index < -0.39 is 0 Å². The summed E-state index contributed by atoms with van der Waals surface area (Å²) in [5, 5.41) is 5.75. The quantitative estimate of drug-likeness (QED) is 0.232. The largest absolute Gasteiger partial charge is 0.497 e. The Morgan fingerprint density at radius 1 is 0.564 bits per heavy atom. The lowest BCUT2D eigenvalue weighted by Gasteiger charge is -2.07. The van der Waals surface area contributed by atoms with E-state index in [1.54, 1.807) is 26.4 Å². The highest BCUT2D eigenvalue weighted by Crippen LogP contribution is 2.17. The first-order chi connectivity index (χ1) is 19.0. The molecule has 4 aromatic carbocycles. The number of carbonyl (C=O) groups is 2. The molecule has 2 amide bonds. The van der Waals surface area contributed by atoms with Crippen LogP contribution in [0.15, 0.2) is 109 Å². The average Bonchev–Trinajstić information content (AvgIpc) is 2.97. The summed E-state index contributed by atoms with van der Waals surface area (Å²) < 4.78 is 10.3. The van der Waals surface area contributed by atoms with Gasteiger partial charge in [0.05, 0.1) is 14.2 Å². The number of amides is 2. The van der Waals surface area contributed by atoms with Gasteiger partial charge < -0.3 is 20.1 Å². The standard InChI is InChI=1S/C33H30N2O4/c1-38-30-17-7-24(8-18-30)11-21-32(36)34-28-13-3-26(4-14-28)23-27-5-15-29(16-6-27)35-33(37)22-12-25-9-19-31(39-2)20-10-25/h3-22H,23H2,1-2H3,(H,34,36)(H,35,37)/b21-11+,22-12+. The van der Waals surface area contributed by atoms with Gasteiger partial charge in [-0.25, -0.2) is 0 Å². The number of rotatable bonds is 10. The van der Waals surface area contributed by atoms with Crippen molar-refractivity contribution in [2.45, 2.75) is 6.42 Å². The Balaban J connectivity index is 1.25. The summed E-state index contributed by atoms with van der Waals surface area (Å²) in [6, 6.07) is 30.5. The van der Waals surface area contributed by atoms with E-state index in [2.05, 4.69) is 10.6 Å². The molecule has 0 aromatic heterocycles. The van der Waals surface area contributed by atoms with Gasteiger partial charge in [0.15, 0.2) is 0 Å².